The number of hydrogen-bond acceptors (Lipinski definition) is 6. The van der Waals surface area contributed by atoms with Gasteiger partial charge >= 0.3 is 18.0 Å². The van der Waals surface area contributed by atoms with Gasteiger partial charge in [0.05, 0.1) is 19.8 Å². The van der Waals surface area contributed by atoms with Gasteiger partial charge in [-0.2, -0.15) is 0 Å². The van der Waals surface area contributed by atoms with Crippen LogP contribution in [0.4, 0.5) is 0 Å². The van der Waals surface area contributed by atoms with E-state index in [0.717, 1.165) is 32.1 Å². The number of ether oxygens (including phenoxy) is 3. The molecule has 0 aliphatic heterocycles. The lowest BCUT2D eigenvalue weighted by Crippen LogP contribution is -2.10. The van der Waals surface area contributed by atoms with Gasteiger partial charge in [0.15, 0.2) is 0 Å². The Morgan fingerprint density at radius 2 is 1.29 bits per heavy atom. The fourth-order valence-electron chi connectivity index (χ4n) is 1.79. The first-order valence-electron chi connectivity index (χ1n) is 8.79. The molecule has 1 aromatic rings. The quantitative estimate of drug-likeness (QED) is 0.251. The van der Waals surface area contributed by atoms with E-state index in [0.29, 0.717) is 29.7 Å². The topological polar surface area (TPSA) is 66.4 Å². The number of nitrogens with zero attached hydrogens (tertiary/aromatic N) is 3. The lowest BCUT2D eigenvalue weighted by Gasteiger charge is -2.10. The normalized spacial score (nSPS) is 12.2. The Morgan fingerprint density at radius 3 is 1.75 bits per heavy atom. The van der Waals surface area contributed by atoms with E-state index >= 15 is 0 Å². The van der Waals surface area contributed by atoms with Gasteiger partial charge in [-0.1, -0.05) is 56.7 Å². The van der Waals surface area contributed by atoms with Crippen LogP contribution in [0.25, 0.3) is 0 Å². The Labute approximate surface area is 159 Å². The highest BCUT2D eigenvalue weighted by Crippen LogP contribution is 2.16. The molecule has 0 radical (unpaired) electrons. The van der Waals surface area contributed by atoms with E-state index in [1.165, 1.54) is 0 Å². The third kappa shape index (κ3) is 10.1. The minimum absolute atomic E-state index is 0.271. The number of alkyl halides is 1. The first-order valence-corrected chi connectivity index (χ1v) is 10.0. The summed E-state index contributed by atoms with van der Waals surface area (Å²) in [6, 6.07) is 0.819. The highest BCUT2D eigenvalue weighted by molar-refractivity contribution is 14.1. The van der Waals surface area contributed by atoms with Crippen molar-refractivity contribution in [3.8, 4) is 18.0 Å². The van der Waals surface area contributed by atoms with Gasteiger partial charge in [0.25, 0.3) is 0 Å². The average molecular weight is 451 g/mol. The van der Waals surface area contributed by atoms with Gasteiger partial charge in [0, 0.05) is 3.92 Å². The lowest BCUT2D eigenvalue weighted by atomic mass is 10.1. The summed E-state index contributed by atoms with van der Waals surface area (Å²) >= 11 is 2.37. The zero-order chi connectivity index (χ0) is 17.8. The highest BCUT2D eigenvalue weighted by Gasteiger charge is 2.10. The molecular formula is C17H30IN3O3. The van der Waals surface area contributed by atoms with Crippen LogP contribution in [-0.4, -0.2) is 38.7 Å². The lowest BCUT2D eigenvalue weighted by molar-refractivity contribution is 0.228. The summed E-state index contributed by atoms with van der Waals surface area (Å²) in [7, 11) is 0. The molecule has 0 bridgehead atoms. The summed E-state index contributed by atoms with van der Waals surface area (Å²) in [4.78, 5) is 12.7. The summed E-state index contributed by atoms with van der Waals surface area (Å²) in [6.07, 6.45) is 5.03. The number of hydrogen-bond donors (Lipinski definition) is 0. The summed E-state index contributed by atoms with van der Waals surface area (Å²) in [5, 5.41) is 0. The summed E-state index contributed by atoms with van der Waals surface area (Å²) < 4.78 is 17.4. The van der Waals surface area contributed by atoms with Crippen LogP contribution < -0.4 is 14.2 Å². The maximum Gasteiger partial charge on any atom is 0.325 e. The van der Waals surface area contributed by atoms with Crippen molar-refractivity contribution in [3.63, 3.8) is 0 Å². The molecule has 0 aromatic carbocycles. The third-order valence-electron chi connectivity index (χ3n) is 3.21. The number of unbranched alkanes of at least 4 members (excludes halogenated alkanes) is 1. The van der Waals surface area contributed by atoms with E-state index < -0.39 is 0 Å². The van der Waals surface area contributed by atoms with Crippen molar-refractivity contribution in [2.24, 2.45) is 5.92 Å². The maximum absolute atomic E-state index is 5.65. The van der Waals surface area contributed by atoms with E-state index in [1.54, 1.807) is 0 Å². The highest BCUT2D eigenvalue weighted by atomic mass is 127. The predicted octanol–water partition coefficient (Wildman–Crippen LogP) is 4.46. The van der Waals surface area contributed by atoms with Crippen LogP contribution in [0.15, 0.2) is 0 Å². The second-order valence-corrected chi connectivity index (χ2v) is 8.31. The molecule has 24 heavy (non-hydrogen) atoms. The smallest absolute Gasteiger partial charge is 0.325 e. The van der Waals surface area contributed by atoms with Gasteiger partial charge in [-0.05, 0) is 31.6 Å². The fourth-order valence-corrected chi connectivity index (χ4v) is 2.04. The van der Waals surface area contributed by atoms with Crippen LogP contribution in [0.5, 0.6) is 18.0 Å². The standard InChI is InChI=1S/C17H30IN3O3/c1-5-6-10-22-15-19-16(23-11-7-8-13(2)3)21-17(20-15)24-12-9-14(4)18/h13-14H,5-12H2,1-4H3. The van der Waals surface area contributed by atoms with E-state index in [1.807, 2.05) is 0 Å². The van der Waals surface area contributed by atoms with Crippen molar-refractivity contribution in [1.29, 1.82) is 0 Å². The zero-order valence-electron chi connectivity index (χ0n) is 15.3. The molecule has 1 atom stereocenters. The largest absolute Gasteiger partial charge is 0.463 e. The van der Waals surface area contributed by atoms with Crippen molar-refractivity contribution < 1.29 is 14.2 Å². The summed E-state index contributed by atoms with van der Waals surface area (Å²) in [5.41, 5.74) is 0. The molecule has 6 nitrogen and oxygen atoms in total. The second-order valence-electron chi connectivity index (χ2n) is 6.19. The zero-order valence-corrected chi connectivity index (χ0v) is 17.4. The number of aromatic nitrogens is 3. The summed E-state index contributed by atoms with van der Waals surface area (Å²) in [6.45, 7) is 10.4. The van der Waals surface area contributed by atoms with Gasteiger partial charge in [0.1, 0.15) is 0 Å². The maximum atomic E-state index is 5.65. The molecule has 0 saturated carbocycles. The predicted molar refractivity (Wildman–Crippen MR) is 103 cm³/mol. The third-order valence-corrected chi connectivity index (χ3v) is 3.83. The van der Waals surface area contributed by atoms with Gasteiger partial charge in [-0.25, -0.2) is 0 Å². The Bertz CT molecular complexity index is 459. The minimum Gasteiger partial charge on any atom is -0.463 e. The average Bonchev–Trinajstić information content (AvgIpc) is 2.51. The van der Waals surface area contributed by atoms with E-state index in [-0.39, 0.29) is 18.0 Å². The van der Waals surface area contributed by atoms with E-state index in [4.69, 9.17) is 14.2 Å². The Balaban J connectivity index is 2.62. The Morgan fingerprint density at radius 1 is 0.792 bits per heavy atom. The monoisotopic (exact) mass is 451 g/mol. The molecule has 1 unspecified atom stereocenters. The molecule has 0 fully saturated rings. The molecule has 0 aliphatic rings. The van der Waals surface area contributed by atoms with Gasteiger partial charge < -0.3 is 14.2 Å². The first-order chi connectivity index (χ1) is 11.5. The molecule has 0 spiro atoms. The van der Waals surface area contributed by atoms with Crippen molar-refractivity contribution in [2.75, 3.05) is 19.8 Å². The van der Waals surface area contributed by atoms with Crippen molar-refractivity contribution in [3.05, 3.63) is 0 Å². The number of halogens is 1. The molecule has 1 heterocycles. The van der Waals surface area contributed by atoms with E-state index in [9.17, 15) is 0 Å². The van der Waals surface area contributed by atoms with Gasteiger partial charge in [-0.15, -0.1) is 15.0 Å². The number of rotatable bonds is 13. The minimum atomic E-state index is 0.271. The molecule has 138 valence electrons. The van der Waals surface area contributed by atoms with Crippen LogP contribution in [0.2, 0.25) is 0 Å². The van der Waals surface area contributed by atoms with Crippen LogP contribution >= 0.6 is 22.6 Å². The van der Waals surface area contributed by atoms with E-state index in [2.05, 4.69) is 65.2 Å². The van der Waals surface area contributed by atoms with Crippen molar-refractivity contribution in [2.45, 2.75) is 63.7 Å². The van der Waals surface area contributed by atoms with Gasteiger partial charge in [0.2, 0.25) is 0 Å². The fraction of sp³-hybridized carbons (Fsp3) is 0.824. The van der Waals surface area contributed by atoms with Gasteiger partial charge in [-0.3, -0.25) is 0 Å². The Hall–Kier alpha value is -0.860. The Kier molecular flexibility index (Phi) is 11.0. The molecule has 1 aromatic heterocycles. The SMILES string of the molecule is CCCCOc1nc(OCCCC(C)C)nc(OCCC(C)I)n1. The molecular weight excluding hydrogens is 421 g/mol. The van der Waals surface area contributed by atoms with Crippen LogP contribution in [0.1, 0.15) is 59.8 Å². The van der Waals surface area contributed by atoms with Crippen molar-refractivity contribution >= 4 is 22.6 Å². The summed E-state index contributed by atoms with van der Waals surface area (Å²) in [5.74, 6) is 0.661. The molecule has 0 N–H and O–H groups in total. The molecule has 7 heteroatoms. The molecule has 1 rings (SSSR count). The van der Waals surface area contributed by atoms with Crippen molar-refractivity contribution in [1.82, 2.24) is 15.0 Å². The molecule has 0 amide bonds. The second kappa shape index (κ2) is 12.5. The first kappa shape index (κ1) is 21.2. The molecule has 0 aliphatic carbocycles. The van der Waals surface area contributed by atoms with Crippen LogP contribution in [0, 0.1) is 5.92 Å². The molecule has 0 saturated heterocycles. The van der Waals surface area contributed by atoms with Crippen LogP contribution in [0.3, 0.4) is 0 Å². The van der Waals surface area contributed by atoms with Crippen LogP contribution in [-0.2, 0) is 0 Å².